The molecule has 0 aliphatic heterocycles. The second-order valence-corrected chi connectivity index (χ2v) is 2.49. The largest absolute Gasteiger partial charge is 0.476 e. The number of pyridine rings is 1. The maximum atomic E-state index is 10.8. The fourth-order valence-corrected chi connectivity index (χ4v) is 1.06. The average molecular weight is 191 g/mol. The van der Waals surface area contributed by atoms with Gasteiger partial charge >= 0.3 is 5.97 Å². The minimum atomic E-state index is -1.11. The summed E-state index contributed by atoms with van der Waals surface area (Å²) in [7, 11) is 0. The van der Waals surface area contributed by atoms with Gasteiger partial charge < -0.3 is 9.63 Å². The lowest BCUT2D eigenvalue weighted by molar-refractivity contribution is 0.0691. The van der Waals surface area contributed by atoms with Gasteiger partial charge in [-0.25, -0.2) is 9.78 Å². The molecule has 2 heterocycles. The van der Waals surface area contributed by atoms with E-state index < -0.39 is 5.97 Å². The Labute approximate surface area is 78.2 Å². The molecule has 14 heavy (non-hydrogen) atoms. The van der Waals surface area contributed by atoms with Crippen molar-refractivity contribution in [3.63, 3.8) is 0 Å². The van der Waals surface area contributed by atoms with Crippen molar-refractivity contribution in [3.05, 3.63) is 30.3 Å². The summed E-state index contributed by atoms with van der Waals surface area (Å²) in [4.78, 5) is 14.5. The summed E-state index contributed by atoms with van der Waals surface area (Å²) in [6.07, 6.45) is 2.67. The summed E-state index contributed by atoms with van der Waals surface area (Å²) in [5.74, 6) is -1.11. The molecule has 0 radical (unpaired) electrons. The molecule has 70 valence electrons. The van der Waals surface area contributed by atoms with Gasteiger partial charge in [0.1, 0.15) is 5.69 Å². The molecular weight excluding hydrogens is 186 g/mol. The lowest BCUT2D eigenvalue weighted by atomic mass is 10.1. The number of carboxylic acids is 1. The van der Waals surface area contributed by atoms with E-state index in [-0.39, 0.29) is 5.69 Å². The third-order valence-corrected chi connectivity index (χ3v) is 1.65. The zero-order valence-corrected chi connectivity index (χ0v) is 6.91. The monoisotopic (exact) mass is 191 g/mol. The molecule has 2 aromatic rings. The van der Waals surface area contributed by atoms with Gasteiger partial charge in [0.15, 0.2) is 12.0 Å². The quantitative estimate of drug-likeness (QED) is 0.756. The number of rotatable bonds is 2. The van der Waals surface area contributed by atoms with Crippen LogP contribution in [0.4, 0.5) is 0 Å². The Morgan fingerprint density at radius 1 is 1.50 bits per heavy atom. The first-order chi connectivity index (χ1) is 6.79. The predicted octanol–water partition coefficient (Wildman–Crippen LogP) is 0.830. The highest BCUT2D eigenvalue weighted by Crippen LogP contribution is 2.18. The molecule has 2 rings (SSSR count). The van der Waals surface area contributed by atoms with Crippen LogP contribution in [0, 0.1) is 0 Å². The molecule has 6 nitrogen and oxygen atoms in total. The van der Waals surface area contributed by atoms with Gasteiger partial charge in [0.25, 0.3) is 0 Å². The highest BCUT2D eigenvalue weighted by Gasteiger charge is 2.14. The van der Waals surface area contributed by atoms with Crippen molar-refractivity contribution in [1.29, 1.82) is 0 Å². The van der Waals surface area contributed by atoms with E-state index in [0.29, 0.717) is 11.3 Å². The van der Waals surface area contributed by atoms with Gasteiger partial charge in [0, 0.05) is 17.0 Å². The maximum Gasteiger partial charge on any atom is 0.355 e. The van der Waals surface area contributed by atoms with Crippen molar-refractivity contribution in [3.8, 4) is 11.3 Å². The van der Waals surface area contributed by atoms with E-state index in [0.717, 1.165) is 0 Å². The van der Waals surface area contributed by atoms with Crippen molar-refractivity contribution < 1.29 is 14.4 Å². The molecular formula is C8H5N3O3. The van der Waals surface area contributed by atoms with Crippen molar-refractivity contribution in [2.24, 2.45) is 0 Å². The molecule has 0 atom stereocenters. The van der Waals surface area contributed by atoms with E-state index in [2.05, 4.69) is 19.9 Å². The summed E-state index contributed by atoms with van der Waals surface area (Å²) < 4.78 is 4.52. The summed E-state index contributed by atoms with van der Waals surface area (Å²) in [6.45, 7) is 0. The van der Waals surface area contributed by atoms with Crippen LogP contribution in [0.2, 0.25) is 0 Å². The Kier molecular flexibility index (Phi) is 1.94. The van der Waals surface area contributed by atoms with Crippen LogP contribution in [-0.4, -0.2) is 26.4 Å². The fourth-order valence-electron chi connectivity index (χ4n) is 1.06. The first kappa shape index (κ1) is 8.36. The molecule has 0 fully saturated rings. The second kappa shape index (κ2) is 3.25. The van der Waals surface area contributed by atoms with Gasteiger partial charge in [-0.2, -0.15) is 0 Å². The van der Waals surface area contributed by atoms with E-state index in [4.69, 9.17) is 5.11 Å². The minimum absolute atomic E-state index is 0.0665. The second-order valence-electron chi connectivity index (χ2n) is 2.49. The normalized spacial score (nSPS) is 10.0. The maximum absolute atomic E-state index is 10.8. The van der Waals surface area contributed by atoms with Gasteiger partial charge in [-0.1, -0.05) is 0 Å². The van der Waals surface area contributed by atoms with E-state index in [1.807, 2.05) is 0 Å². The lowest BCUT2D eigenvalue weighted by Gasteiger charge is -1.98. The number of hydrogen-bond acceptors (Lipinski definition) is 5. The number of aromatic nitrogens is 3. The van der Waals surface area contributed by atoms with E-state index in [1.54, 1.807) is 12.1 Å². The van der Waals surface area contributed by atoms with Crippen LogP contribution < -0.4 is 0 Å². The van der Waals surface area contributed by atoms with Crippen LogP contribution in [0.1, 0.15) is 10.5 Å². The molecule has 2 aromatic heterocycles. The molecule has 0 aromatic carbocycles. The van der Waals surface area contributed by atoms with Crippen molar-refractivity contribution in [2.75, 3.05) is 0 Å². The van der Waals surface area contributed by atoms with Crippen LogP contribution in [-0.2, 0) is 0 Å². The molecule has 0 aliphatic rings. The Bertz CT molecular complexity index is 453. The molecule has 0 saturated carbocycles. The highest BCUT2D eigenvalue weighted by molar-refractivity contribution is 5.92. The van der Waals surface area contributed by atoms with E-state index in [9.17, 15) is 4.79 Å². The van der Waals surface area contributed by atoms with E-state index in [1.165, 1.54) is 12.5 Å². The van der Waals surface area contributed by atoms with Crippen LogP contribution in [0.3, 0.4) is 0 Å². The van der Waals surface area contributed by atoms with Gasteiger partial charge in [0.05, 0.1) is 0 Å². The Morgan fingerprint density at radius 2 is 2.36 bits per heavy atom. The van der Waals surface area contributed by atoms with Crippen LogP contribution in [0.15, 0.2) is 29.1 Å². The molecule has 0 unspecified atom stereocenters. The summed E-state index contributed by atoms with van der Waals surface area (Å²) in [5, 5.41) is 15.7. The van der Waals surface area contributed by atoms with Crippen LogP contribution >= 0.6 is 0 Å². The van der Waals surface area contributed by atoms with Crippen molar-refractivity contribution >= 4 is 5.97 Å². The first-order valence-electron chi connectivity index (χ1n) is 3.75. The van der Waals surface area contributed by atoms with Gasteiger partial charge in [0.2, 0.25) is 0 Å². The average Bonchev–Trinajstić information content (AvgIpc) is 2.70. The standard InChI is InChI=1S/C8H5N3O3/c12-8(13)7-5(2-1-3-9-7)6-4-14-11-10-6/h1-4H,(H,12,13). The number of nitrogens with zero attached hydrogens (tertiary/aromatic N) is 3. The SMILES string of the molecule is O=C(O)c1ncccc1-c1conn1. The molecule has 6 heteroatoms. The summed E-state index contributed by atoms with van der Waals surface area (Å²) >= 11 is 0. The first-order valence-corrected chi connectivity index (χ1v) is 3.75. The smallest absolute Gasteiger partial charge is 0.355 e. The molecule has 0 bridgehead atoms. The van der Waals surface area contributed by atoms with Crippen LogP contribution in [0.25, 0.3) is 11.3 Å². The van der Waals surface area contributed by atoms with Gasteiger partial charge in [-0.3, -0.25) is 0 Å². The zero-order chi connectivity index (χ0) is 9.97. The Morgan fingerprint density at radius 3 is 3.00 bits per heavy atom. The van der Waals surface area contributed by atoms with Crippen LogP contribution in [0.5, 0.6) is 0 Å². The molecule has 0 spiro atoms. The lowest BCUT2D eigenvalue weighted by Crippen LogP contribution is -2.02. The third kappa shape index (κ3) is 1.33. The Hall–Kier alpha value is -2.24. The number of carboxylic acid groups (broad SMARTS) is 1. The summed E-state index contributed by atoms with van der Waals surface area (Å²) in [5.41, 5.74) is 0.681. The molecule has 0 amide bonds. The zero-order valence-electron chi connectivity index (χ0n) is 6.91. The minimum Gasteiger partial charge on any atom is -0.476 e. The van der Waals surface area contributed by atoms with Crippen molar-refractivity contribution in [2.45, 2.75) is 0 Å². The summed E-state index contributed by atoms with van der Waals surface area (Å²) in [6, 6.07) is 3.21. The van der Waals surface area contributed by atoms with Crippen molar-refractivity contribution in [1.82, 2.24) is 15.4 Å². The Balaban J connectivity index is 2.58. The number of aromatic carboxylic acids is 1. The highest BCUT2D eigenvalue weighted by atomic mass is 16.5. The third-order valence-electron chi connectivity index (χ3n) is 1.65. The molecule has 0 aliphatic carbocycles. The predicted molar refractivity (Wildman–Crippen MR) is 44.5 cm³/mol. The molecule has 1 N–H and O–H groups in total. The number of hydrogen-bond donors (Lipinski definition) is 1. The fraction of sp³-hybridized carbons (Fsp3) is 0. The van der Waals surface area contributed by atoms with E-state index >= 15 is 0 Å². The van der Waals surface area contributed by atoms with Gasteiger partial charge in [-0.05, 0) is 12.1 Å². The molecule has 0 saturated heterocycles. The van der Waals surface area contributed by atoms with Gasteiger partial charge in [-0.15, -0.1) is 5.10 Å². The number of carbonyl (C=O) groups is 1. The topological polar surface area (TPSA) is 89.1 Å².